The van der Waals surface area contributed by atoms with E-state index >= 15 is 0 Å². The van der Waals surface area contributed by atoms with E-state index in [1.54, 1.807) is 22.8 Å². The molecule has 1 unspecified atom stereocenters. The molecule has 0 spiro atoms. The Labute approximate surface area is 194 Å². The van der Waals surface area contributed by atoms with E-state index in [-0.39, 0.29) is 35.7 Å². The predicted molar refractivity (Wildman–Crippen MR) is 126 cm³/mol. The van der Waals surface area contributed by atoms with Crippen LogP contribution in [-0.4, -0.2) is 33.9 Å². The standard InChI is InChI=1S/C23H26FN3O3S2/c1-3-17-14(2)32-21-20(17)22(29)27(12-16-8-6-10-30-16)23(26-21)31-13-19(28)25-11-15-7-4-5-9-18(15)24/h4-5,7,9,16H,3,6,8,10-13H2,1-2H3,(H,25,28). The smallest absolute Gasteiger partial charge is 0.263 e. The van der Waals surface area contributed by atoms with E-state index in [9.17, 15) is 14.0 Å². The normalized spacial score (nSPS) is 16.0. The van der Waals surface area contributed by atoms with Crippen LogP contribution in [0.3, 0.4) is 0 Å². The Morgan fingerprint density at radius 1 is 1.41 bits per heavy atom. The number of aromatic nitrogens is 2. The zero-order valence-electron chi connectivity index (χ0n) is 18.2. The molecule has 9 heteroatoms. The molecule has 3 heterocycles. The number of carbonyl (C=O) groups is 1. The molecule has 1 aliphatic rings. The molecule has 2 aromatic heterocycles. The fourth-order valence-corrected chi connectivity index (χ4v) is 5.93. The third kappa shape index (κ3) is 4.89. The number of amides is 1. The van der Waals surface area contributed by atoms with Gasteiger partial charge in [-0.15, -0.1) is 11.3 Å². The lowest BCUT2D eigenvalue weighted by molar-refractivity contribution is -0.118. The fraction of sp³-hybridized carbons (Fsp3) is 0.435. The molecule has 1 aromatic carbocycles. The van der Waals surface area contributed by atoms with Crippen molar-refractivity contribution in [1.29, 1.82) is 0 Å². The molecule has 1 aliphatic heterocycles. The van der Waals surface area contributed by atoms with Crippen LogP contribution in [0.25, 0.3) is 10.2 Å². The highest BCUT2D eigenvalue weighted by Crippen LogP contribution is 2.30. The number of halogens is 1. The van der Waals surface area contributed by atoms with Crippen molar-refractivity contribution < 1.29 is 13.9 Å². The number of thiophene rings is 1. The van der Waals surface area contributed by atoms with Gasteiger partial charge in [0.1, 0.15) is 10.6 Å². The third-order valence-electron chi connectivity index (χ3n) is 5.61. The molecule has 4 rings (SSSR count). The van der Waals surface area contributed by atoms with Gasteiger partial charge in [-0.2, -0.15) is 0 Å². The van der Waals surface area contributed by atoms with Crippen molar-refractivity contribution in [1.82, 2.24) is 14.9 Å². The van der Waals surface area contributed by atoms with Gasteiger partial charge in [-0.05, 0) is 37.8 Å². The Bertz CT molecular complexity index is 1190. The van der Waals surface area contributed by atoms with Gasteiger partial charge in [0.25, 0.3) is 5.56 Å². The summed E-state index contributed by atoms with van der Waals surface area (Å²) in [5.41, 5.74) is 1.41. The molecular formula is C23H26FN3O3S2. The minimum Gasteiger partial charge on any atom is -0.376 e. The first-order valence-electron chi connectivity index (χ1n) is 10.7. The number of benzene rings is 1. The monoisotopic (exact) mass is 475 g/mol. The first kappa shape index (κ1) is 22.9. The second-order valence-corrected chi connectivity index (χ2v) is 9.92. The van der Waals surface area contributed by atoms with Crippen molar-refractivity contribution in [3.8, 4) is 0 Å². The van der Waals surface area contributed by atoms with Crippen molar-refractivity contribution >= 4 is 39.2 Å². The minimum absolute atomic E-state index is 0.0222. The molecule has 0 radical (unpaired) electrons. The number of ether oxygens (including phenoxy) is 1. The maximum Gasteiger partial charge on any atom is 0.263 e. The Morgan fingerprint density at radius 3 is 2.94 bits per heavy atom. The fourth-order valence-electron chi connectivity index (χ4n) is 3.94. The van der Waals surface area contributed by atoms with Crippen LogP contribution in [0, 0.1) is 12.7 Å². The van der Waals surface area contributed by atoms with Crippen LogP contribution in [0.15, 0.2) is 34.2 Å². The summed E-state index contributed by atoms with van der Waals surface area (Å²) < 4.78 is 21.2. The van der Waals surface area contributed by atoms with Crippen LogP contribution in [-0.2, 0) is 29.0 Å². The summed E-state index contributed by atoms with van der Waals surface area (Å²) in [5, 5.41) is 3.94. The van der Waals surface area contributed by atoms with Gasteiger partial charge in [0.15, 0.2) is 5.16 Å². The van der Waals surface area contributed by atoms with Crippen molar-refractivity contribution in [3.05, 3.63) is 56.4 Å². The van der Waals surface area contributed by atoms with Crippen molar-refractivity contribution in [2.75, 3.05) is 12.4 Å². The summed E-state index contributed by atoms with van der Waals surface area (Å²) in [4.78, 5) is 32.4. The topological polar surface area (TPSA) is 73.2 Å². The molecule has 1 fully saturated rings. The number of rotatable bonds is 8. The first-order valence-corrected chi connectivity index (χ1v) is 12.6. The number of carbonyl (C=O) groups excluding carboxylic acids is 1. The molecule has 170 valence electrons. The van der Waals surface area contributed by atoms with Gasteiger partial charge in [-0.3, -0.25) is 14.2 Å². The molecule has 1 N–H and O–H groups in total. The van der Waals surface area contributed by atoms with E-state index in [1.807, 2.05) is 13.8 Å². The zero-order chi connectivity index (χ0) is 22.7. The van der Waals surface area contributed by atoms with E-state index in [1.165, 1.54) is 29.2 Å². The summed E-state index contributed by atoms with van der Waals surface area (Å²) in [6.45, 7) is 5.30. The van der Waals surface area contributed by atoms with E-state index in [4.69, 9.17) is 9.72 Å². The predicted octanol–water partition coefficient (Wildman–Crippen LogP) is 4.06. The Balaban J connectivity index is 1.55. The average Bonchev–Trinajstić information content (AvgIpc) is 3.40. The number of nitrogens with zero attached hydrogens (tertiary/aromatic N) is 2. The second-order valence-electron chi connectivity index (χ2n) is 7.77. The Morgan fingerprint density at radius 2 is 2.22 bits per heavy atom. The number of hydrogen-bond acceptors (Lipinski definition) is 6. The highest BCUT2D eigenvalue weighted by atomic mass is 32.2. The summed E-state index contributed by atoms with van der Waals surface area (Å²) in [6, 6.07) is 6.35. The van der Waals surface area contributed by atoms with Gasteiger partial charge in [-0.25, -0.2) is 9.37 Å². The summed E-state index contributed by atoms with van der Waals surface area (Å²) in [6.07, 6.45) is 2.63. The molecule has 3 aromatic rings. The van der Waals surface area contributed by atoms with Crippen molar-refractivity contribution in [2.24, 2.45) is 0 Å². The molecule has 1 saturated heterocycles. The largest absolute Gasteiger partial charge is 0.376 e. The van der Waals surface area contributed by atoms with Crippen LogP contribution >= 0.6 is 23.1 Å². The van der Waals surface area contributed by atoms with Crippen LogP contribution in [0.2, 0.25) is 0 Å². The lowest BCUT2D eigenvalue weighted by Crippen LogP contribution is -2.30. The Hall–Kier alpha value is -2.23. The summed E-state index contributed by atoms with van der Waals surface area (Å²) in [7, 11) is 0. The highest BCUT2D eigenvalue weighted by molar-refractivity contribution is 7.99. The van der Waals surface area contributed by atoms with E-state index < -0.39 is 0 Å². The number of hydrogen-bond donors (Lipinski definition) is 1. The summed E-state index contributed by atoms with van der Waals surface area (Å²) >= 11 is 2.74. The maximum absolute atomic E-state index is 13.8. The number of aryl methyl sites for hydroxylation is 2. The van der Waals surface area contributed by atoms with Crippen LogP contribution in [0.4, 0.5) is 4.39 Å². The minimum atomic E-state index is -0.349. The number of thioether (sulfide) groups is 1. The Kier molecular flexibility index (Phi) is 7.27. The van der Waals surface area contributed by atoms with E-state index in [0.717, 1.165) is 29.7 Å². The van der Waals surface area contributed by atoms with Crippen LogP contribution in [0.5, 0.6) is 0 Å². The lowest BCUT2D eigenvalue weighted by atomic mass is 10.1. The number of nitrogens with one attached hydrogen (secondary N) is 1. The molecule has 0 aliphatic carbocycles. The molecule has 6 nitrogen and oxygen atoms in total. The summed E-state index contributed by atoms with van der Waals surface area (Å²) in [5.74, 6) is -0.506. The van der Waals surface area contributed by atoms with E-state index in [2.05, 4.69) is 5.32 Å². The van der Waals surface area contributed by atoms with Gasteiger partial charge in [-0.1, -0.05) is 36.9 Å². The second kappa shape index (κ2) is 10.1. The van der Waals surface area contributed by atoms with Gasteiger partial charge in [0.2, 0.25) is 5.91 Å². The van der Waals surface area contributed by atoms with Crippen LogP contribution in [0.1, 0.15) is 35.8 Å². The SMILES string of the molecule is CCc1c(C)sc2nc(SCC(=O)NCc3ccccc3F)n(CC3CCCO3)c(=O)c12. The molecule has 0 saturated carbocycles. The highest BCUT2D eigenvalue weighted by Gasteiger charge is 2.23. The van der Waals surface area contributed by atoms with Gasteiger partial charge < -0.3 is 10.1 Å². The molecular weight excluding hydrogens is 449 g/mol. The van der Waals surface area contributed by atoms with Gasteiger partial charge >= 0.3 is 0 Å². The van der Waals surface area contributed by atoms with E-state index in [0.29, 0.717) is 34.1 Å². The van der Waals surface area contributed by atoms with Crippen molar-refractivity contribution in [3.63, 3.8) is 0 Å². The third-order valence-corrected chi connectivity index (χ3v) is 7.63. The first-order chi connectivity index (χ1) is 15.5. The van der Waals surface area contributed by atoms with Crippen LogP contribution < -0.4 is 10.9 Å². The lowest BCUT2D eigenvalue weighted by Gasteiger charge is -2.16. The number of fused-ring (bicyclic) bond motifs is 1. The molecule has 1 atom stereocenters. The molecule has 32 heavy (non-hydrogen) atoms. The maximum atomic E-state index is 13.8. The van der Waals surface area contributed by atoms with Gasteiger partial charge in [0, 0.05) is 23.6 Å². The average molecular weight is 476 g/mol. The molecule has 1 amide bonds. The quantitative estimate of drug-likeness (QED) is 0.393. The van der Waals surface area contributed by atoms with Gasteiger partial charge in [0.05, 0.1) is 23.8 Å². The zero-order valence-corrected chi connectivity index (χ0v) is 19.8. The van der Waals surface area contributed by atoms with Crippen molar-refractivity contribution in [2.45, 2.75) is 57.5 Å². The molecule has 0 bridgehead atoms.